The lowest BCUT2D eigenvalue weighted by Crippen LogP contribution is -2.20. The van der Waals surface area contributed by atoms with Crippen LogP contribution in [0.3, 0.4) is 0 Å². The first-order valence-corrected chi connectivity index (χ1v) is 9.31. The number of fused-ring (bicyclic) bond motifs is 1. The van der Waals surface area contributed by atoms with E-state index in [0.29, 0.717) is 6.54 Å². The van der Waals surface area contributed by atoms with Crippen LogP contribution >= 0.6 is 0 Å². The summed E-state index contributed by atoms with van der Waals surface area (Å²) in [6.07, 6.45) is 3.98. The highest BCUT2D eigenvalue weighted by molar-refractivity contribution is 5.97. The van der Waals surface area contributed by atoms with Gasteiger partial charge in [-0.25, -0.2) is 9.97 Å². The molecule has 2 aromatic heterocycles. The second-order valence-corrected chi connectivity index (χ2v) is 7.11. The molecule has 6 nitrogen and oxygen atoms in total. The first-order chi connectivity index (χ1) is 13.7. The number of β-amino-alcohol motifs (C(OH)–C–C–N with tert-alkyl or cyclic N) is 1. The first kappa shape index (κ1) is 16.8. The second kappa shape index (κ2) is 6.65. The summed E-state index contributed by atoms with van der Waals surface area (Å²) in [6, 6.07) is 16.2. The fourth-order valence-corrected chi connectivity index (χ4v) is 3.78. The van der Waals surface area contributed by atoms with Crippen LogP contribution in [0, 0.1) is 0 Å². The molecule has 1 fully saturated rings. The van der Waals surface area contributed by atoms with Crippen molar-refractivity contribution < 1.29 is 9.52 Å². The molecule has 0 saturated carbocycles. The maximum atomic E-state index is 9.83. The minimum absolute atomic E-state index is 0.254. The highest BCUT2D eigenvalue weighted by Gasteiger charge is 2.21. The van der Waals surface area contributed by atoms with E-state index < -0.39 is 0 Å². The van der Waals surface area contributed by atoms with Crippen LogP contribution in [0.2, 0.25) is 0 Å². The van der Waals surface area contributed by atoms with Gasteiger partial charge >= 0.3 is 0 Å². The van der Waals surface area contributed by atoms with Gasteiger partial charge in [0.05, 0.1) is 18.1 Å². The van der Waals surface area contributed by atoms with E-state index in [-0.39, 0.29) is 12.1 Å². The average Bonchev–Trinajstić information content (AvgIpc) is 3.34. The van der Waals surface area contributed by atoms with Crippen LogP contribution in [0.5, 0.6) is 0 Å². The van der Waals surface area contributed by atoms with Crippen molar-refractivity contribution in [2.75, 3.05) is 23.7 Å². The van der Waals surface area contributed by atoms with Gasteiger partial charge in [0.25, 0.3) is 0 Å². The van der Waals surface area contributed by atoms with Crippen molar-refractivity contribution in [2.24, 2.45) is 0 Å². The summed E-state index contributed by atoms with van der Waals surface area (Å²) in [4.78, 5) is 10.5. The Labute approximate surface area is 162 Å². The van der Waals surface area contributed by atoms with Gasteiger partial charge < -0.3 is 20.2 Å². The quantitative estimate of drug-likeness (QED) is 0.570. The fraction of sp³-hybridized carbons (Fsp3) is 0.182. The summed E-state index contributed by atoms with van der Waals surface area (Å²) in [5, 5.41) is 11.9. The van der Waals surface area contributed by atoms with Crippen molar-refractivity contribution in [3.63, 3.8) is 0 Å². The van der Waals surface area contributed by atoms with E-state index in [1.807, 2.05) is 30.3 Å². The van der Waals surface area contributed by atoms with Crippen molar-refractivity contribution in [2.45, 2.75) is 12.5 Å². The molecule has 0 aliphatic carbocycles. The number of aromatic nitrogens is 2. The average molecular weight is 372 g/mol. The van der Waals surface area contributed by atoms with Crippen LogP contribution in [-0.2, 0) is 0 Å². The molecule has 3 N–H and O–H groups in total. The fourth-order valence-electron chi connectivity index (χ4n) is 3.78. The molecular formula is C22H20N4O2. The number of nitrogen functional groups attached to an aromatic ring is 1. The van der Waals surface area contributed by atoms with Gasteiger partial charge in [-0.3, -0.25) is 0 Å². The summed E-state index contributed by atoms with van der Waals surface area (Å²) in [5.74, 6) is 1.07. The molecule has 0 spiro atoms. The van der Waals surface area contributed by atoms with E-state index in [1.54, 1.807) is 12.5 Å². The monoisotopic (exact) mass is 372 g/mol. The van der Waals surface area contributed by atoms with Crippen LogP contribution in [0.15, 0.2) is 65.4 Å². The number of nitrogens with zero attached hydrogens (tertiary/aromatic N) is 3. The number of anilines is 2. The number of benzene rings is 2. The number of aliphatic hydroxyl groups is 1. The Balaban J connectivity index is 1.57. The zero-order valence-electron chi connectivity index (χ0n) is 15.2. The standard InChI is InChI=1S/C22H20N4O2/c23-22-24-8-6-20(25-22)14-4-5-16-13-28-21(19(16)11-14)15-2-1-3-17(10-15)26-9-7-18(27)12-26/h1-6,8,10-11,13,18,27H,7,9,12H2,(H2,23,24,25). The molecule has 4 aromatic rings. The summed E-state index contributed by atoms with van der Waals surface area (Å²) in [7, 11) is 0. The highest BCUT2D eigenvalue weighted by Crippen LogP contribution is 2.35. The minimum atomic E-state index is -0.254. The van der Waals surface area contributed by atoms with E-state index in [0.717, 1.165) is 52.0 Å². The maximum Gasteiger partial charge on any atom is 0.220 e. The van der Waals surface area contributed by atoms with Crippen molar-refractivity contribution in [1.29, 1.82) is 0 Å². The second-order valence-electron chi connectivity index (χ2n) is 7.11. The van der Waals surface area contributed by atoms with Crippen molar-refractivity contribution in [3.05, 3.63) is 61.0 Å². The molecule has 140 valence electrons. The van der Waals surface area contributed by atoms with Gasteiger partial charge in [0.1, 0.15) is 5.76 Å². The van der Waals surface area contributed by atoms with E-state index >= 15 is 0 Å². The lowest BCUT2D eigenvalue weighted by atomic mass is 10.0. The van der Waals surface area contributed by atoms with Gasteiger partial charge in [-0.2, -0.15) is 0 Å². The molecule has 0 amide bonds. The maximum absolute atomic E-state index is 9.83. The lowest BCUT2D eigenvalue weighted by molar-refractivity contribution is 0.198. The van der Waals surface area contributed by atoms with E-state index in [2.05, 4.69) is 33.1 Å². The van der Waals surface area contributed by atoms with Gasteiger partial charge in [-0.05, 0) is 30.7 Å². The number of aliphatic hydroxyl groups excluding tert-OH is 1. The third-order valence-electron chi connectivity index (χ3n) is 5.21. The van der Waals surface area contributed by atoms with Gasteiger partial charge in [0.2, 0.25) is 5.95 Å². The number of furan rings is 1. The molecule has 1 aliphatic heterocycles. The van der Waals surface area contributed by atoms with Gasteiger partial charge in [-0.15, -0.1) is 0 Å². The number of rotatable bonds is 3. The van der Waals surface area contributed by atoms with Crippen molar-refractivity contribution >= 4 is 22.4 Å². The Morgan fingerprint density at radius 1 is 1.11 bits per heavy atom. The number of nitrogens with two attached hydrogens (primary N) is 1. The molecule has 0 bridgehead atoms. The van der Waals surface area contributed by atoms with Crippen molar-refractivity contribution in [1.82, 2.24) is 9.97 Å². The third kappa shape index (κ3) is 2.97. The molecule has 1 aliphatic rings. The largest absolute Gasteiger partial charge is 0.463 e. The van der Waals surface area contributed by atoms with Gasteiger partial charge in [0.15, 0.2) is 0 Å². The summed E-state index contributed by atoms with van der Waals surface area (Å²) < 4.78 is 5.93. The predicted molar refractivity (Wildman–Crippen MR) is 110 cm³/mol. The van der Waals surface area contributed by atoms with Crippen LogP contribution < -0.4 is 10.6 Å². The predicted octanol–water partition coefficient (Wildman–Crippen LogP) is 3.71. The Hall–Kier alpha value is -3.38. The molecule has 2 aromatic carbocycles. The Bertz CT molecular complexity index is 1150. The molecule has 6 heteroatoms. The normalized spacial score (nSPS) is 16.8. The molecule has 1 saturated heterocycles. The van der Waals surface area contributed by atoms with E-state index in [4.69, 9.17) is 10.2 Å². The Morgan fingerprint density at radius 2 is 2.04 bits per heavy atom. The first-order valence-electron chi connectivity index (χ1n) is 9.31. The minimum Gasteiger partial charge on any atom is -0.463 e. The summed E-state index contributed by atoms with van der Waals surface area (Å²) in [5.41, 5.74) is 9.58. The smallest absolute Gasteiger partial charge is 0.220 e. The molecule has 0 radical (unpaired) electrons. The van der Waals surface area contributed by atoms with Crippen LogP contribution in [0.4, 0.5) is 11.6 Å². The van der Waals surface area contributed by atoms with Gasteiger partial charge in [0, 0.05) is 46.9 Å². The Kier molecular flexibility index (Phi) is 3.98. The van der Waals surface area contributed by atoms with Gasteiger partial charge in [-0.1, -0.05) is 24.3 Å². The molecule has 1 unspecified atom stereocenters. The molecule has 28 heavy (non-hydrogen) atoms. The van der Waals surface area contributed by atoms with Crippen LogP contribution in [-0.4, -0.2) is 34.3 Å². The number of hydrogen-bond acceptors (Lipinski definition) is 6. The zero-order valence-corrected chi connectivity index (χ0v) is 15.2. The lowest BCUT2D eigenvalue weighted by Gasteiger charge is -2.18. The topological polar surface area (TPSA) is 88.4 Å². The molecule has 1 atom stereocenters. The zero-order chi connectivity index (χ0) is 19.1. The van der Waals surface area contributed by atoms with E-state index in [1.165, 1.54) is 0 Å². The van der Waals surface area contributed by atoms with Crippen LogP contribution in [0.1, 0.15) is 6.42 Å². The summed E-state index contributed by atoms with van der Waals surface area (Å²) >= 11 is 0. The Morgan fingerprint density at radius 3 is 2.86 bits per heavy atom. The molecular weight excluding hydrogens is 352 g/mol. The van der Waals surface area contributed by atoms with Crippen molar-refractivity contribution in [3.8, 4) is 22.6 Å². The van der Waals surface area contributed by atoms with E-state index in [9.17, 15) is 5.11 Å². The van der Waals surface area contributed by atoms with Crippen LogP contribution in [0.25, 0.3) is 33.4 Å². The number of hydrogen-bond donors (Lipinski definition) is 2. The molecule has 5 rings (SSSR count). The SMILES string of the molecule is Nc1nccc(-c2ccc3coc(-c4cccc(N5CCC(O)C5)c4)c3c2)n1. The third-order valence-corrected chi connectivity index (χ3v) is 5.21. The summed E-state index contributed by atoms with van der Waals surface area (Å²) in [6.45, 7) is 1.53. The molecule has 3 heterocycles. The highest BCUT2D eigenvalue weighted by atomic mass is 16.3.